The van der Waals surface area contributed by atoms with Crippen LogP contribution in [0.15, 0.2) is 48.8 Å². The second-order valence-corrected chi connectivity index (χ2v) is 8.10. The fourth-order valence-electron chi connectivity index (χ4n) is 3.22. The van der Waals surface area contributed by atoms with Gasteiger partial charge in [-0.05, 0) is 57.2 Å². The van der Waals surface area contributed by atoms with Crippen LogP contribution in [-0.2, 0) is 10.9 Å². The molecule has 2 aromatic heterocycles. The highest BCUT2D eigenvalue weighted by Crippen LogP contribution is 2.34. The minimum Gasteiger partial charge on any atom is -0.444 e. The van der Waals surface area contributed by atoms with Crippen molar-refractivity contribution in [2.75, 3.05) is 5.32 Å². The third-order valence-electron chi connectivity index (χ3n) is 4.52. The van der Waals surface area contributed by atoms with E-state index in [1.807, 2.05) is 0 Å². The molecular formula is C22H18F4N4O2. The van der Waals surface area contributed by atoms with E-state index in [0.29, 0.717) is 22.8 Å². The smallest absolute Gasteiger partial charge is 0.416 e. The molecule has 4 aromatic rings. The van der Waals surface area contributed by atoms with Crippen LogP contribution in [0.2, 0.25) is 0 Å². The second kappa shape index (κ2) is 7.47. The molecule has 0 fully saturated rings. The number of benzene rings is 2. The van der Waals surface area contributed by atoms with Gasteiger partial charge in [-0.3, -0.25) is 9.72 Å². The van der Waals surface area contributed by atoms with Crippen molar-refractivity contribution in [2.24, 2.45) is 0 Å². The van der Waals surface area contributed by atoms with Crippen molar-refractivity contribution in [1.82, 2.24) is 14.4 Å². The fraction of sp³-hybridized carbons (Fsp3) is 0.227. The summed E-state index contributed by atoms with van der Waals surface area (Å²) in [5.74, 6) is -1.07. The minimum atomic E-state index is -4.67. The number of nitrogens with one attached hydrogen (secondary N) is 1. The Morgan fingerprint density at radius 2 is 1.84 bits per heavy atom. The van der Waals surface area contributed by atoms with Gasteiger partial charge in [-0.2, -0.15) is 13.2 Å². The predicted octanol–water partition coefficient (Wildman–Crippen LogP) is 6.05. The van der Waals surface area contributed by atoms with Crippen LogP contribution in [0, 0.1) is 5.82 Å². The van der Waals surface area contributed by atoms with E-state index in [0.717, 1.165) is 12.1 Å². The summed E-state index contributed by atoms with van der Waals surface area (Å²) >= 11 is 0. The largest absolute Gasteiger partial charge is 0.444 e. The van der Waals surface area contributed by atoms with Crippen molar-refractivity contribution in [3.63, 3.8) is 0 Å². The second-order valence-electron chi connectivity index (χ2n) is 8.10. The van der Waals surface area contributed by atoms with Gasteiger partial charge in [-0.15, -0.1) is 0 Å². The van der Waals surface area contributed by atoms with Gasteiger partial charge < -0.3 is 4.74 Å². The van der Waals surface area contributed by atoms with Gasteiger partial charge in [-0.25, -0.2) is 19.2 Å². The number of nitrogens with zero attached hydrogens (tertiary/aromatic N) is 3. The van der Waals surface area contributed by atoms with Gasteiger partial charge in [0.1, 0.15) is 17.1 Å². The summed E-state index contributed by atoms with van der Waals surface area (Å²) in [4.78, 5) is 20.7. The van der Waals surface area contributed by atoms with Crippen LogP contribution in [0.25, 0.3) is 27.9 Å². The predicted molar refractivity (Wildman–Crippen MR) is 111 cm³/mol. The van der Waals surface area contributed by atoms with E-state index in [1.165, 1.54) is 6.20 Å². The first kappa shape index (κ1) is 21.5. The van der Waals surface area contributed by atoms with E-state index in [4.69, 9.17) is 4.74 Å². The van der Waals surface area contributed by atoms with Gasteiger partial charge in [-0.1, -0.05) is 0 Å². The highest BCUT2D eigenvalue weighted by molar-refractivity contribution is 5.91. The monoisotopic (exact) mass is 446 g/mol. The Bertz CT molecular complexity index is 1340. The molecule has 6 nitrogen and oxygen atoms in total. The number of alkyl halides is 3. The van der Waals surface area contributed by atoms with E-state index in [-0.39, 0.29) is 16.9 Å². The molecule has 0 spiro atoms. The maximum atomic E-state index is 14.7. The van der Waals surface area contributed by atoms with E-state index in [2.05, 4.69) is 15.3 Å². The van der Waals surface area contributed by atoms with Gasteiger partial charge >= 0.3 is 12.3 Å². The van der Waals surface area contributed by atoms with Crippen LogP contribution in [0.3, 0.4) is 0 Å². The van der Waals surface area contributed by atoms with Gasteiger partial charge in [0.2, 0.25) is 0 Å². The molecule has 0 saturated heterocycles. The number of halogens is 4. The molecule has 32 heavy (non-hydrogen) atoms. The lowest BCUT2D eigenvalue weighted by atomic mass is 10.1. The average Bonchev–Trinajstić information content (AvgIpc) is 3.15. The Labute approximate surface area is 179 Å². The van der Waals surface area contributed by atoms with Crippen molar-refractivity contribution < 1.29 is 27.1 Å². The van der Waals surface area contributed by atoms with Gasteiger partial charge in [0.25, 0.3) is 0 Å². The zero-order valence-electron chi connectivity index (χ0n) is 17.3. The molecular weight excluding hydrogens is 428 g/mol. The average molecular weight is 446 g/mol. The molecule has 0 aliphatic carbocycles. The lowest BCUT2D eigenvalue weighted by Crippen LogP contribution is -2.27. The molecule has 2 heterocycles. The molecule has 0 saturated carbocycles. The van der Waals surface area contributed by atoms with E-state index in [9.17, 15) is 22.4 Å². The number of hydrogen-bond donors (Lipinski definition) is 1. The third-order valence-corrected chi connectivity index (χ3v) is 4.52. The maximum Gasteiger partial charge on any atom is 0.416 e. The standard InChI is InChI=1S/C22H18F4N4O2/c1-21(2,3)32-20(31)28-13-5-7-17-16(11-13)29-18(19-27-8-9-30(17)19)14-6-4-12(10-15(14)23)22(24,25)26/h4-11H,1-3H3,(H,28,31). The lowest BCUT2D eigenvalue weighted by Gasteiger charge is -2.19. The molecule has 1 amide bonds. The van der Waals surface area contributed by atoms with Crippen molar-refractivity contribution in [2.45, 2.75) is 32.5 Å². The van der Waals surface area contributed by atoms with Gasteiger partial charge in [0.15, 0.2) is 5.65 Å². The van der Waals surface area contributed by atoms with Crippen molar-refractivity contribution in [1.29, 1.82) is 0 Å². The molecule has 0 aliphatic heterocycles. The molecule has 1 N–H and O–H groups in total. The summed E-state index contributed by atoms with van der Waals surface area (Å²) < 4.78 is 60.3. The quantitative estimate of drug-likeness (QED) is 0.381. The number of anilines is 1. The van der Waals surface area contributed by atoms with Crippen LogP contribution in [0.5, 0.6) is 0 Å². The van der Waals surface area contributed by atoms with Crippen LogP contribution >= 0.6 is 0 Å². The fourth-order valence-corrected chi connectivity index (χ4v) is 3.22. The number of carbonyl (C=O) groups excluding carboxylic acids is 1. The Morgan fingerprint density at radius 1 is 1.09 bits per heavy atom. The number of ether oxygens (including phenoxy) is 1. The van der Waals surface area contributed by atoms with Gasteiger partial charge in [0.05, 0.1) is 16.6 Å². The first-order valence-electron chi connectivity index (χ1n) is 9.56. The van der Waals surface area contributed by atoms with Crippen LogP contribution in [-0.4, -0.2) is 26.1 Å². The van der Waals surface area contributed by atoms with E-state index < -0.39 is 29.3 Å². The summed E-state index contributed by atoms with van der Waals surface area (Å²) in [6.45, 7) is 5.19. The van der Waals surface area contributed by atoms with E-state index in [1.54, 1.807) is 49.6 Å². The third kappa shape index (κ3) is 4.20. The molecule has 0 bridgehead atoms. The molecule has 0 radical (unpaired) electrons. The van der Waals surface area contributed by atoms with Crippen molar-refractivity contribution in [3.8, 4) is 11.3 Å². The molecule has 10 heteroatoms. The Kier molecular flexibility index (Phi) is 5.03. The number of fused-ring (bicyclic) bond motifs is 3. The van der Waals surface area contributed by atoms with Crippen LogP contribution in [0.4, 0.5) is 28.0 Å². The normalized spacial score (nSPS) is 12.3. The number of imidazole rings is 1. The molecule has 0 unspecified atom stereocenters. The number of rotatable bonds is 2. The first-order chi connectivity index (χ1) is 14.9. The number of carbonyl (C=O) groups is 1. The number of aromatic nitrogens is 3. The van der Waals surface area contributed by atoms with Crippen molar-refractivity contribution in [3.05, 3.63) is 60.2 Å². The summed E-state index contributed by atoms with van der Waals surface area (Å²) in [5.41, 5.74) is -0.175. The molecule has 166 valence electrons. The Balaban J connectivity index is 1.81. The summed E-state index contributed by atoms with van der Waals surface area (Å²) in [7, 11) is 0. The zero-order chi connectivity index (χ0) is 23.3. The van der Waals surface area contributed by atoms with E-state index >= 15 is 0 Å². The van der Waals surface area contributed by atoms with Crippen LogP contribution in [0.1, 0.15) is 26.3 Å². The SMILES string of the molecule is CC(C)(C)OC(=O)Nc1ccc2c(c1)nc(-c1ccc(C(F)(F)F)cc1F)c1nccn12. The Hall–Kier alpha value is -3.69. The minimum absolute atomic E-state index is 0.0724. The highest BCUT2D eigenvalue weighted by Gasteiger charge is 2.31. The highest BCUT2D eigenvalue weighted by atomic mass is 19.4. The number of hydrogen-bond acceptors (Lipinski definition) is 4. The zero-order valence-corrected chi connectivity index (χ0v) is 17.3. The molecule has 0 atom stereocenters. The van der Waals surface area contributed by atoms with Gasteiger partial charge in [0, 0.05) is 23.6 Å². The molecule has 2 aromatic carbocycles. The molecule has 4 rings (SSSR count). The summed E-state index contributed by atoms with van der Waals surface area (Å²) in [5, 5.41) is 2.60. The summed E-state index contributed by atoms with van der Waals surface area (Å²) in [6.07, 6.45) is -2.21. The first-order valence-corrected chi connectivity index (χ1v) is 9.56. The molecule has 0 aliphatic rings. The maximum absolute atomic E-state index is 14.7. The Morgan fingerprint density at radius 3 is 2.50 bits per heavy atom. The van der Waals surface area contributed by atoms with Crippen molar-refractivity contribution >= 4 is 28.5 Å². The lowest BCUT2D eigenvalue weighted by molar-refractivity contribution is -0.137. The topological polar surface area (TPSA) is 68.5 Å². The van der Waals surface area contributed by atoms with Crippen LogP contribution < -0.4 is 5.32 Å². The number of amides is 1. The summed E-state index contributed by atoms with van der Waals surface area (Å²) in [6, 6.07) is 7.15.